The molecule has 0 saturated heterocycles. The second kappa shape index (κ2) is 5.08. The van der Waals surface area contributed by atoms with E-state index in [0.29, 0.717) is 0 Å². The monoisotopic (exact) mass is 226 g/mol. The highest BCUT2D eigenvalue weighted by Gasteiger charge is 2.28. The molecular weight excluding hydrogens is 208 g/mol. The zero-order chi connectivity index (χ0) is 10.6. The van der Waals surface area contributed by atoms with Crippen LogP contribution in [0.2, 0.25) is 0 Å². The quantitative estimate of drug-likeness (QED) is 0.856. The third-order valence-corrected chi connectivity index (χ3v) is 4.21. The first-order valence-electron chi connectivity index (χ1n) is 5.61. The molecule has 0 atom stereocenters. The maximum atomic E-state index is 10.2. The Morgan fingerprint density at radius 3 is 2.80 bits per heavy atom. The lowest BCUT2D eigenvalue weighted by molar-refractivity contribution is 0.0273. The molecule has 0 unspecified atom stereocenters. The van der Waals surface area contributed by atoms with Gasteiger partial charge >= 0.3 is 0 Å². The molecule has 0 spiro atoms. The summed E-state index contributed by atoms with van der Waals surface area (Å²) in [5.41, 5.74) is -0.407. The minimum absolute atomic E-state index is 0.407. The molecule has 2 nitrogen and oxygen atoms in total. The zero-order valence-electron chi connectivity index (χ0n) is 8.95. The Kier molecular flexibility index (Phi) is 3.76. The second-order valence-electron chi connectivity index (χ2n) is 4.36. The molecular formula is C12H18O2S. The van der Waals surface area contributed by atoms with Gasteiger partial charge in [0.2, 0.25) is 0 Å². The van der Waals surface area contributed by atoms with Crippen LogP contribution in [0.1, 0.15) is 37.9 Å². The third kappa shape index (κ3) is 3.28. The van der Waals surface area contributed by atoms with Gasteiger partial charge in [0.05, 0.1) is 17.6 Å². The Morgan fingerprint density at radius 2 is 2.13 bits per heavy atom. The van der Waals surface area contributed by atoms with Crippen molar-refractivity contribution in [3.05, 3.63) is 24.2 Å². The van der Waals surface area contributed by atoms with Crippen molar-refractivity contribution in [3.63, 3.8) is 0 Å². The first-order valence-corrected chi connectivity index (χ1v) is 6.77. The molecule has 1 aliphatic carbocycles. The number of rotatable bonds is 4. The smallest absolute Gasteiger partial charge is 0.113 e. The standard InChI is InChI=1S/C12H18O2S/c13-12(6-2-1-3-7-12)10-15-9-11-5-4-8-14-11/h4-5,8,13H,1-3,6-7,9-10H2. The predicted octanol–water partition coefficient (Wildman–Crippen LogP) is 3.21. The number of thioether (sulfide) groups is 1. The summed E-state index contributed by atoms with van der Waals surface area (Å²) in [6.07, 6.45) is 7.28. The van der Waals surface area contributed by atoms with Crippen molar-refractivity contribution in [2.24, 2.45) is 0 Å². The lowest BCUT2D eigenvalue weighted by Crippen LogP contribution is -2.34. The maximum Gasteiger partial charge on any atom is 0.113 e. The van der Waals surface area contributed by atoms with Crippen LogP contribution in [0, 0.1) is 0 Å². The first kappa shape index (κ1) is 11.1. The van der Waals surface area contributed by atoms with E-state index in [4.69, 9.17) is 4.42 Å². The average Bonchev–Trinajstić information content (AvgIpc) is 2.71. The molecule has 1 aliphatic rings. The van der Waals surface area contributed by atoms with Crippen molar-refractivity contribution in [2.75, 3.05) is 5.75 Å². The fraction of sp³-hybridized carbons (Fsp3) is 0.667. The molecule has 0 bridgehead atoms. The van der Waals surface area contributed by atoms with Crippen LogP contribution >= 0.6 is 11.8 Å². The predicted molar refractivity (Wildman–Crippen MR) is 62.9 cm³/mol. The van der Waals surface area contributed by atoms with Gasteiger partial charge in [-0.1, -0.05) is 19.3 Å². The fourth-order valence-electron chi connectivity index (χ4n) is 2.09. The Labute approximate surface area is 95.1 Å². The molecule has 1 fully saturated rings. The van der Waals surface area contributed by atoms with Crippen molar-refractivity contribution in [1.29, 1.82) is 0 Å². The van der Waals surface area contributed by atoms with Crippen molar-refractivity contribution in [3.8, 4) is 0 Å². The maximum absolute atomic E-state index is 10.2. The Hall–Kier alpha value is -0.410. The van der Waals surface area contributed by atoms with E-state index in [1.165, 1.54) is 19.3 Å². The van der Waals surface area contributed by atoms with Crippen molar-refractivity contribution < 1.29 is 9.52 Å². The number of aliphatic hydroxyl groups is 1. The molecule has 0 amide bonds. The summed E-state index contributed by atoms with van der Waals surface area (Å²) in [6.45, 7) is 0. The minimum Gasteiger partial charge on any atom is -0.468 e. The number of hydrogen-bond acceptors (Lipinski definition) is 3. The van der Waals surface area contributed by atoms with Crippen molar-refractivity contribution in [1.82, 2.24) is 0 Å². The molecule has 84 valence electrons. The van der Waals surface area contributed by atoms with E-state index >= 15 is 0 Å². The first-order chi connectivity index (χ1) is 7.29. The van der Waals surface area contributed by atoms with E-state index in [-0.39, 0.29) is 0 Å². The van der Waals surface area contributed by atoms with Crippen LogP contribution in [0.15, 0.2) is 22.8 Å². The summed E-state index contributed by atoms with van der Waals surface area (Å²) in [7, 11) is 0. The van der Waals surface area contributed by atoms with Gasteiger partial charge in [-0.05, 0) is 25.0 Å². The Bertz CT molecular complexity index is 276. The molecule has 1 aromatic rings. The second-order valence-corrected chi connectivity index (χ2v) is 5.34. The fourth-order valence-corrected chi connectivity index (χ4v) is 3.23. The van der Waals surface area contributed by atoms with Crippen LogP contribution in [0.4, 0.5) is 0 Å². The van der Waals surface area contributed by atoms with Crippen LogP contribution < -0.4 is 0 Å². The summed E-state index contributed by atoms with van der Waals surface area (Å²) in [6, 6.07) is 3.89. The zero-order valence-corrected chi connectivity index (χ0v) is 9.76. The molecule has 1 N–H and O–H groups in total. The topological polar surface area (TPSA) is 33.4 Å². The van der Waals surface area contributed by atoms with Gasteiger partial charge in [-0.25, -0.2) is 0 Å². The van der Waals surface area contributed by atoms with Crippen molar-refractivity contribution in [2.45, 2.75) is 43.5 Å². The number of furan rings is 1. The van der Waals surface area contributed by atoms with Gasteiger partial charge in [0.15, 0.2) is 0 Å². The molecule has 1 saturated carbocycles. The van der Waals surface area contributed by atoms with E-state index in [1.807, 2.05) is 12.1 Å². The average molecular weight is 226 g/mol. The highest BCUT2D eigenvalue weighted by Crippen LogP contribution is 2.31. The summed E-state index contributed by atoms with van der Waals surface area (Å²) < 4.78 is 5.25. The summed E-state index contributed by atoms with van der Waals surface area (Å²) in [5.74, 6) is 2.71. The summed E-state index contributed by atoms with van der Waals surface area (Å²) >= 11 is 1.77. The SMILES string of the molecule is OC1(CSCc2ccco2)CCCCC1. The summed E-state index contributed by atoms with van der Waals surface area (Å²) in [4.78, 5) is 0. The highest BCUT2D eigenvalue weighted by molar-refractivity contribution is 7.98. The van der Waals surface area contributed by atoms with Crippen LogP contribution in [0.25, 0.3) is 0 Å². The molecule has 0 aliphatic heterocycles. The van der Waals surface area contributed by atoms with Gasteiger partial charge in [0, 0.05) is 5.75 Å². The van der Waals surface area contributed by atoms with Gasteiger partial charge in [-0.3, -0.25) is 0 Å². The normalized spacial score (nSPS) is 20.3. The Morgan fingerprint density at radius 1 is 1.33 bits per heavy atom. The van der Waals surface area contributed by atoms with Gasteiger partial charge in [0.25, 0.3) is 0 Å². The molecule has 0 aromatic carbocycles. The van der Waals surface area contributed by atoms with Gasteiger partial charge < -0.3 is 9.52 Å². The molecule has 15 heavy (non-hydrogen) atoms. The van der Waals surface area contributed by atoms with E-state index < -0.39 is 5.60 Å². The molecule has 2 rings (SSSR count). The lowest BCUT2D eigenvalue weighted by atomic mass is 9.86. The largest absolute Gasteiger partial charge is 0.468 e. The van der Waals surface area contributed by atoms with E-state index in [0.717, 1.165) is 30.1 Å². The molecule has 0 radical (unpaired) electrons. The van der Waals surface area contributed by atoms with Gasteiger partial charge in [-0.2, -0.15) is 11.8 Å². The van der Waals surface area contributed by atoms with E-state index in [9.17, 15) is 5.11 Å². The van der Waals surface area contributed by atoms with Crippen molar-refractivity contribution >= 4 is 11.8 Å². The third-order valence-electron chi connectivity index (χ3n) is 2.98. The number of hydrogen-bond donors (Lipinski definition) is 1. The Balaban J connectivity index is 1.72. The highest BCUT2D eigenvalue weighted by atomic mass is 32.2. The lowest BCUT2D eigenvalue weighted by Gasteiger charge is -2.31. The van der Waals surface area contributed by atoms with Crippen LogP contribution in [0.5, 0.6) is 0 Å². The molecule has 1 heterocycles. The van der Waals surface area contributed by atoms with Gasteiger partial charge in [0.1, 0.15) is 5.76 Å². The van der Waals surface area contributed by atoms with E-state index in [1.54, 1.807) is 18.0 Å². The molecule has 3 heteroatoms. The van der Waals surface area contributed by atoms with Gasteiger partial charge in [-0.15, -0.1) is 0 Å². The van der Waals surface area contributed by atoms with Crippen LogP contribution in [-0.4, -0.2) is 16.5 Å². The molecule has 1 aromatic heterocycles. The van der Waals surface area contributed by atoms with Crippen LogP contribution in [0.3, 0.4) is 0 Å². The summed E-state index contributed by atoms with van der Waals surface area (Å²) in [5, 5.41) is 10.2. The van der Waals surface area contributed by atoms with E-state index in [2.05, 4.69) is 0 Å². The van der Waals surface area contributed by atoms with Crippen LogP contribution in [-0.2, 0) is 5.75 Å². The minimum atomic E-state index is -0.407.